The minimum absolute atomic E-state index is 0.0962. The number of nitrogens with one attached hydrogen (secondary N) is 1. The molecular formula is C37H60N2O3. The van der Waals surface area contributed by atoms with E-state index in [4.69, 9.17) is 5.84 Å². The van der Waals surface area contributed by atoms with Crippen molar-refractivity contribution in [2.75, 3.05) is 0 Å². The number of nitrogens with two attached hydrogens (primary N) is 1. The van der Waals surface area contributed by atoms with Crippen LogP contribution in [0.25, 0.3) is 0 Å². The van der Waals surface area contributed by atoms with E-state index in [1.54, 1.807) is 0 Å². The highest BCUT2D eigenvalue weighted by molar-refractivity contribution is 5.77. The fourth-order valence-corrected chi connectivity index (χ4v) is 5.76. The number of aromatic hydroxyl groups is 2. The molecule has 42 heavy (non-hydrogen) atoms. The van der Waals surface area contributed by atoms with Crippen molar-refractivity contribution in [3.05, 3.63) is 57.6 Å². The minimum atomic E-state index is -0.166. The summed E-state index contributed by atoms with van der Waals surface area (Å²) in [7, 11) is 0. The van der Waals surface area contributed by atoms with Gasteiger partial charge in [0, 0.05) is 5.92 Å². The Morgan fingerprint density at radius 2 is 0.929 bits per heavy atom. The minimum Gasteiger partial charge on any atom is -0.507 e. The molecule has 0 radical (unpaired) electrons. The average molecular weight is 581 g/mol. The summed E-state index contributed by atoms with van der Waals surface area (Å²) in [5, 5.41) is 22.1. The van der Waals surface area contributed by atoms with Crippen LogP contribution in [-0.4, -0.2) is 16.1 Å². The van der Waals surface area contributed by atoms with Gasteiger partial charge in [-0.2, -0.15) is 0 Å². The number of carbonyl (C=O) groups excluding carboxylic acids is 1. The molecule has 0 bridgehead atoms. The third kappa shape index (κ3) is 9.49. The summed E-state index contributed by atoms with van der Waals surface area (Å²) in [6, 6.07) is 8.59. The first kappa shape index (κ1) is 35.7. The van der Waals surface area contributed by atoms with Crippen LogP contribution in [0.5, 0.6) is 11.5 Å². The van der Waals surface area contributed by atoms with Crippen molar-refractivity contribution in [1.82, 2.24) is 5.43 Å². The van der Waals surface area contributed by atoms with Crippen LogP contribution >= 0.6 is 0 Å². The number of benzene rings is 2. The molecule has 0 aliphatic heterocycles. The van der Waals surface area contributed by atoms with E-state index < -0.39 is 0 Å². The molecule has 5 N–H and O–H groups in total. The Morgan fingerprint density at radius 1 is 0.619 bits per heavy atom. The normalized spacial score (nSPS) is 13.7. The van der Waals surface area contributed by atoms with Gasteiger partial charge in [0.05, 0.1) is 0 Å². The third-order valence-corrected chi connectivity index (χ3v) is 8.37. The number of phenolic OH excluding ortho intramolecular Hbond substituents is 2. The molecule has 0 fully saturated rings. The van der Waals surface area contributed by atoms with Gasteiger partial charge in [-0.05, 0) is 93.6 Å². The molecule has 0 aliphatic carbocycles. The van der Waals surface area contributed by atoms with Crippen LogP contribution in [0.1, 0.15) is 149 Å². The SMILES string of the molecule is CC(C)(C)c1cc(CCCCC(CCCc2cc(C(C)(C)C)c(O)c(C(C)(C)C)c2)C(=O)NN)cc(C(C)(C)C)c1O. The average Bonchev–Trinajstić information content (AvgIpc) is 2.83. The molecule has 0 aromatic heterocycles. The number of aryl methyl sites for hydroxylation is 2. The Bertz CT molecular complexity index is 1150. The van der Waals surface area contributed by atoms with Crippen LogP contribution in [-0.2, 0) is 39.3 Å². The van der Waals surface area contributed by atoms with Crippen molar-refractivity contribution >= 4 is 5.91 Å². The van der Waals surface area contributed by atoms with E-state index in [1.165, 1.54) is 11.1 Å². The van der Waals surface area contributed by atoms with Gasteiger partial charge in [-0.25, -0.2) is 5.84 Å². The van der Waals surface area contributed by atoms with Gasteiger partial charge in [0.25, 0.3) is 0 Å². The van der Waals surface area contributed by atoms with Gasteiger partial charge in [-0.15, -0.1) is 0 Å². The lowest BCUT2D eigenvalue weighted by Gasteiger charge is -2.28. The number of carbonyl (C=O) groups is 1. The maximum atomic E-state index is 12.7. The maximum Gasteiger partial charge on any atom is 0.236 e. The molecule has 5 nitrogen and oxygen atoms in total. The van der Waals surface area contributed by atoms with Crippen molar-refractivity contribution in [1.29, 1.82) is 0 Å². The van der Waals surface area contributed by atoms with E-state index in [2.05, 4.69) is 113 Å². The molecule has 0 saturated heterocycles. The number of amides is 1. The van der Waals surface area contributed by atoms with Gasteiger partial charge in [0.1, 0.15) is 11.5 Å². The largest absolute Gasteiger partial charge is 0.507 e. The first-order valence-electron chi connectivity index (χ1n) is 15.8. The summed E-state index contributed by atoms with van der Waals surface area (Å²) in [5.74, 6) is 6.17. The summed E-state index contributed by atoms with van der Waals surface area (Å²) >= 11 is 0. The highest BCUT2D eigenvalue weighted by Gasteiger charge is 2.28. The van der Waals surface area contributed by atoms with Crippen molar-refractivity contribution < 1.29 is 15.0 Å². The molecule has 0 saturated carbocycles. The van der Waals surface area contributed by atoms with Crippen molar-refractivity contribution in [2.45, 2.75) is 150 Å². The van der Waals surface area contributed by atoms with Crippen LogP contribution in [0.3, 0.4) is 0 Å². The van der Waals surface area contributed by atoms with Crippen LogP contribution in [0, 0.1) is 5.92 Å². The van der Waals surface area contributed by atoms with E-state index in [0.717, 1.165) is 67.2 Å². The Labute approximate surface area is 256 Å². The van der Waals surface area contributed by atoms with Crippen LogP contribution in [0.2, 0.25) is 0 Å². The Morgan fingerprint density at radius 3 is 1.24 bits per heavy atom. The Balaban J connectivity index is 2.11. The Kier molecular flexibility index (Phi) is 11.4. The maximum absolute atomic E-state index is 12.7. The second-order valence-electron chi connectivity index (χ2n) is 16.4. The summed E-state index contributed by atoms with van der Waals surface area (Å²) < 4.78 is 0. The van der Waals surface area contributed by atoms with E-state index in [9.17, 15) is 15.0 Å². The van der Waals surface area contributed by atoms with Crippen LogP contribution in [0.15, 0.2) is 24.3 Å². The predicted molar refractivity (Wildman–Crippen MR) is 177 cm³/mol. The zero-order valence-electron chi connectivity index (χ0n) is 28.7. The number of hydrazine groups is 1. The number of phenols is 2. The first-order chi connectivity index (χ1) is 19.1. The Hall–Kier alpha value is -2.53. The van der Waals surface area contributed by atoms with E-state index >= 15 is 0 Å². The van der Waals surface area contributed by atoms with Crippen LogP contribution in [0.4, 0.5) is 0 Å². The van der Waals surface area contributed by atoms with E-state index in [-0.39, 0.29) is 33.5 Å². The number of hydrogen-bond acceptors (Lipinski definition) is 4. The molecule has 0 heterocycles. The highest BCUT2D eigenvalue weighted by Crippen LogP contribution is 2.41. The molecule has 5 heteroatoms. The van der Waals surface area contributed by atoms with Crippen molar-refractivity contribution in [3.8, 4) is 11.5 Å². The van der Waals surface area contributed by atoms with E-state index in [1.807, 2.05) is 0 Å². The molecule has 236 valence electrons. The topological polar surface area (TPSA) is 95.6 Å². The predicted octanol–water partition coefficient (Wildman–Crippen LogP) is 8.63. The second kappa shape index (κ2) is 13.4. The van der Waals surface area contributed by atoms with Gasteiger partial charge >= 0.3 is 0 Å². The monoisotopic (exact) mass is 580 g/mol. The zero-order valence-corrected chi connectivity index (χ0v) is 28.7. The molecule has 0 spiro atoms. The zero-order chi connectivity index (χ0) is 32.3. The second-order valence-corrected chi connectivity index (χ2v) is 16.4. The summed E-state index contributed by atoms with van der Waals surface area (Å²) in [4.78, 5) is 12.7. The fourth-order valence-electron chi connectivity index (χ4n) is 5.76. The third-order valence-electron chi connectivity index (χ3n) is 8.37. The smallest absolute Gasteiger partial charge is 0.236 e. The lowest BCUT2D eigenvalue weighted by atomic mass is 9.78. The molecule has 1 amide bonds. The molecule has 2 aromatic rings. The van der Waals surface area contributed by atoms with Crippen molar-refractivity contribution in [2.24, 2.45) is 11.8 Å². The molecular weight excluding hydrogens is 520 g/mol. The van der Waals surface area contributed by atoms with Gasteiger partial charge in [0.2, 0.25) is 5.91 Å². The number of rotatable bonds is 10. The lowest BCUT2D eigenvalue weighted by Crippen LogP contribution is -2.36. The van der Waals surface area contributed by atoms with Gasteiger partial charge in [-0.3, -0.25) is 10.2 Å². The van der Waals surface area contributed by atoms with E-state index in [0.29, 0.717) is 11.5 Å². The number of unbranched alkanes of at least 4 members (excludes halogenated alkanes) is 1. The van der Waals surface area contributed by atoms with Gasteiger partial charge in [0.15, 0.2) is 0 Å². The van der Waals surface area contributed by atoms with Gasteiger partial charge in [-0.1, -0.05) is 114 Å². The number of hydrogen-bond donors (Lipinski definition) is 4. The highest BCUT2D eigenvalue weighted by atomic mass is 16.3. The molecule has 1 unspecified atom stereocenters. The standard InChI is InChI=1S/C37H60N2O3/c1-34(2,3)27-20-24(21-28(31(27)40)35(4,5)6)16-13-14-18-26(33(42)39-38)19-15-17-25-22-29(36(7,8)9)32(41)30(23-25)37(10,11)12/h20-23,26,40-41H,13-19,38H2,1-12H3,(H,39,42). The first-order valence-corrected chi connectivity index (χ1v) is 15.8. The molecule has 1 atom stereocenters. The summed E-state index contributed by atoms with van der Waals surface area (Å²) in [6.07, 6.45) is 6.07. The van der Waals surface area contributed by atoms with Gasteiger partial charge < -0.3 is 10.2 Å². The molecule has 2 rings (SSSR count). The summed E-state index contributed by atoms with van der Waals surface area (Å²) in [6.45, 7) is 25.6. The lowest BCUT2D eigenvalue weighted by molar-refractivity contribution is -0.125. The quantitative estimate of drug-likeness (QED) is 0.0979. The molecule has 0 aliphatic rings. The fraction of sp³-hybridized carbons (Fsp3) is 0.649. The summed E-state index contributed by atoms with van der Waals surface area (Å²) in [5.41, 5.74) is 8.12. The van der Waals surface area contributed by atoms with Crippen molar-refractivity contribution in [3.63, 3.8) is 0 Å². The van der Waals surface area contributed by atoms with Crippen LogP contribution < -0.4 is 11.3 Å². The molecule has 2 aromatic carbocycles.